The second kappa shape index (κ2) is 6.92. The Morgan fingerprint density at radius 1 is 1.19 bits per heavy atom. The zero-order valence-corrected chi connectivity index (χ0v) is 14.9. The van der Waals surface area contributed by atoms with Crippen LogP contribution in [0.2, 0.25) is 0 Å². The summed E-state index contributed by atoms with van der Waals surface area (Å²) in [4.78, 5) is 14.6. The molecule has 0 aliphatic carbocycles. The molecule has 0 spiro atoms. The first-order valence-corrected chi connectivity index (χ1v) is 9.16. The molecule has 0 saturated heterocycles. The van der Waals surface area contributed by atoms with Crippen LogP contribution in [0.4, 0.5) is 10.1 Å². The predicted molar refractivity (Wildman–Crippen MR) is 97.5 cm³/mol. The van der Waals surface area contributed by atoms with E-state index in [2.05, 4.69) is 10.2 Å². The quantitative estimate of drug-likeness (QED) is 0.652. The largest absolute Gasteiger partial charge is 0.411 e. The highest BCUT2D eigenvalue weighted by molar-refractivity contribution is 8.00. The van der Waals surface area contributed by atoms with Crippen LogP contribution in [0.15, 0.2) is 58.2 Å². The van der Waals surface area contributed by atoms with Gasteiger partial charge in [-0.15, -0.1) is 10.2 Å². The van der Waals surface area contributed by atoms with Crippen molar-refractivity contribution in [3.8, 4) is 11.5 Å². The first-order valence-electron chi connectivity index (χ1n) is 8.28. The molecule has 132 valence electrons. The van der Waals surface area contributed by atoms with Gasteiger partial charge in [-0.2, -0.15) is 0 Å². The molecule has 1 unspecified atom stereocenters. The van der Waals surface area contributed by atoms with Crippen molar-refractivity contribution in [1.29, 1.82) is 0 Å². The minimum absolute atomic E-state index is 0.00871. The lowest BCUT2D eigenvalue weighted by Gasteiger charge is -2.20. The smallest absolute Gasteiger partial charge is 0.277 e. The van der Waals surface area contributed by atoms with Gasteiger partial charge in [0.2, 0.25) is 5.91 Å². The molecule has 7 heteroatoms. The number of hydrogen-bond donors (Lipinski definition) is 0. The van der Waals surface area contributed by atoms with Crippen LogP contribution in [0.5, 0.6) is 0 Å². The number of carbonyl (C=O) groups excluding carboxylic acids is 1. The summed E-state index contributed by atoms with van der Waals surface area (Å²) in [5, 5.41) is 7.68. The number of nitrogens with zero attached hydrogens (tertiary/aromatic N) is 3. The number of fused-ring (bicyclic) bond motifs is 1. The predicted octanol–water partition coefficient (Wildman–Crippen LogP) is 3.95. The second-order valence-electron chi connectivity index (χ2n) is 5.98. The second-order valence-corrected chi connectivity index (χ2v) is 7.27. The number of aromatic nitrogens is 2. The minimum Gasteiger partial charge on any atom is -0.411 e. The summed E-state index contributed by atoms with van der Waals surface area (Å²) in [5.41, 5.74) is 2.39. The van der Waals surface area contributed by atoms with Gasteiger partial charge in [0.05, 0.1) is 10.8 Å². The minimum atomic E-state index is -0.425. The molecule has 3 aromatic rings. The molecule has 1 aliphatic heterocycles. The fraction of sp³-hybridized carbons (Fsp3) is 0.211. The lowest BCUT2D eigenvalue weighted by atomic mass is 10.2. The van der Waals surface area contributed by atoms with Crippen molar-refractivity contribution in [3.63, 3.8) is 0 Å². The third-order valence-electron chi connectivity index (χ3n) is 4.29. The molecule has 0 radical (unpaired) electrons. The van der Waals surface area contributed by atoms with E-state index in [0.29, 0.717) is 6.54 Å². The number of benzene rings is 2. The van der Waals surface area contributed by atoms with E-state index in [9.17, 15) is 9.18 Å². The van der Waals surface area contributed by atoms with Crippen molar-refractivity contribution in [1.82, 2.24) is 10.2 Å². The van der Waals surface area contributed by atoms with Gasteiger partial charge >= 0.3 is 0 Å². The van der Waals surface area contributed by atoms with Crippen LogP contribution in [0.25, 0.3) is 11.5 Å². The average Bonchev–Trinajstić information content (AvgIpc) is 3.28. The number of para-hydroxylation sites is 1. The maximum atomic E-state index is 13.8. The van der Waals surface area contributed by atoms with Crippen LogP contribution < -0.4 is 4.90 Å². The third kappa shape index (κ3) is 3.10. The van der Waals surface area contributed by atoms with Gasteiger partial charge in [0.15, 0.2) is 0 Å². The molecular formula is C19H16FN3O2S. The van der Waals surface area contributed by atoms with Gasteiger partial charge in [-0.3, -0.25) is 4.79 Å². The molecule has 2 heterocycles. The van der Waals surface area contributed by atoms with Gasteiger partial charge in [-0.05, 0) is 37.1 Å². The van der Waals surface area contributed by atoms with Crippen molar-refractivity contribution >= 4 is 23.4 Å². The van der Waals surface area contributed by atoms with E-state index in [1.807, 2.05) is 24.3 Å². The number of carbonyl (C=O) groups is 1. The van der Waals surface area contributed by atoms with Crippen molar-refractivity contribution in [3.05, 3.63) is 59.9 Å². The van der Waals surface area contributed by atoms with Crippen molar-refractivity contribution in [2.75, 3.05) is 11.4 Å². The Bertz CT molecular complexity index is 959. The number of amides is 1. The van der Waals surface area contributed by atoms with Crippen molar-refractivity contribution in [2.45, 2.75) is 23.8 Å². The van der Waals surface area contributed by atoms with Gasteiger partial charge in [-0.1, -0.05) is 42.1 Å². The molecular weight excluding hydrogens is 353 g/mol. The van der Waals surface area contributed by atoms with E-state index in [1.54, 1.807) is 30.0 Å². The van der Waals surface area contributed by atoms with Gasteiger partial charge in [0, 0.05) is 12.2 Å². The Morgan fingerprint density at radius 2 is 1.96 bits per heavy atom. The Morgan fingerprint density at radius 3 is 2.81 bits per heavy atom. The van der Waals surface area contributed by atoms with E-state index in [0.717, 1.165) is 12.1 Å². The highest BCUT2D eigenvalue weighted by atomic mass is 32.2. The molecule has 26 heavy (non-hydrogen) atoms. The number of hydrogen-bond acceptors (Lipinski definition) is 5. The topological polar surface area (TPSA) is 59.2 Å². The summed E-state index contributed by atoms with van der Waals surface area (Å²) in [6, 6.07) is 14.1. The molecule has 0 N–H and O–H groups in total. The van der Waals surface area contributed by atoms with Crippen molar-refractivity contribution < 1.29 is 13.6 Å². The molecule has 0 saturated carbocycles. The summed E-state index contributed by atoms with van der Waals surface area (Å²) < 4.78 is 19.4. The fourth-order valence-electron chi connectivity index (χ4n) is 2.99. The molecule has 1 aliphatic rings. The number of halogens is 1. The number of rotatable bonds is 4. The van der Waals surface area contributed by atoms with Gasteiger partial charge in [0.1, 0.15) is 5.82 Å². The third-order valence-corrected chi connectivity index (χ3v) is 5.21. The Labute approximate surface area is 154 Å². The van der Waals surface area contributed by atoms with Crippen molar-refractivity contribution in [2.24, 2.45) is 0 Å². The number of thioether (sulfide) groups is 1. The summed E-state index contributed by atoms with van der Waals surface area (Å²) in [6.07, 6.45) is 0.858. The normalized spacial score (nSPS) is 14.3. The van der Waals surface area contributed by atoms with Crippen LogP contribution in [0.3, 0.4) is 0 Å². The standard InChI is InChI=1S/C19H16FN3O2S/c1-12(18(24)23-11-10-13-6-2-5-9-16(13)23)26-19-22-21-17(25-19)14-7-3-4-8-15(14)20/h2-9,12H,10-11H2,1H3. The first kappa shape index (κ1) is 16.8. The van der Waals surface area contributed by atoms with Gasteiger partial charge in [-0.25, -0.2) is 4.39 Å². The van der Waals surface area contributed by atoms with E-state index < -0.39 is 11.1 Å². The first-order chi connectivity index (χ1) is 12.6. The SMILES string of the molecule is CC(Sc1nnc(-c2ccccc2F)o1)C(=O)N1CCc2ccccc21. The molecule has 0 bridgehead atoms. The molecule has 2 aromatic carbocycles. The van der Waals surface area contributed by atoms with E-state index in [4.69, 9.17) is 4.42 Å². The summed E-state index contributed by atoms with van der Waals surface area (Å²) >= 11 is 1.18. The highest BCUT2D eigenvalue weighted by Gasteiger charge is 2.29. The average molecular weight is 369 g/mol. The summed E-state index contributed by atoms with van der Waals surface area (Å²) in [6.45, 7) is 2.48. The van der Waals surface area contributed by atoms with Crippen LogP contribution in [-0.4, -0.2) is 27.9 Å². The molecule has 4 rings (SSSR count). The fourth-order valence-corrected chi connectivity index (χ4v) is 3.73. The maximum absolute atomic E-state index is 13.8. The van der Waals surface area contributed by atoms with Gasteiger partial charge < -0.3 is 9.32 Å². The zero-order valence-electron chi connectivity index (χ0n) is 14.1. The molecule has 1 atom stereocenters. The molecule has 1 aromatic heterocycles. The Kier molecular flexibility index (Phi) is 4.46. The molecule has 1 amide bonds. The van der Waals surface area contributed by atoms with Crippen LogP contribution in [0.1, 0.15) is 12.5 Å². The van der Waals surface area contributed by atoms with Crippen LogP contribution in [0, 0.1) is 5.82 Å². The highest BCUT2D eigenvalue weighted by Crippen LogP contribution is 2.32. The van der Waals surface area contributed by atoms with Crippen LogP contribution >= 0.6 is 11.8 Å². The van der Waals surface area contributed by atoms with Gasteiger partial charge in [0.25, 0.3) is 11.1 Å². The Hall–Kier alpha value is -2.67. The summed E-state index contributed by atoms with van der Waals surface area (Å²) in [7, 11) is 0. The van der Waals surface area contributed by atoms with Crippen LogP contribution in [-0.2, 0) is 11.2 Å². The van der Waals surface area contributed by atoms with E-state index >= 15 is 0 Å². The zero-order chi connectivity index (χ0) is 18.1. The lowest BCUT2D eigenvalue weighted by Crippen LogP contribution is -2.35. The Balaban J connectivity index is 1.48. The van der Waals surface area contributed by atoms with E-state index in [-0.39, 0.29) is 22.6 Å². The number of anilines is 1. The maximum Gasteiger partial charge on any atom is 0.277 e. The molecule has 0 fully saturated rings. The monoisotopic (exact) mass is 369 g/mol. The lowest BCUT2D eigenvalue weighted by molar-refractivity contribution is -0.117. The summed E-state index contributed by atoms with van der Waals surface area (Å²) in [5.74, 6) is -0.326. The molecule has 5 nitrogen and oxygen atoms in total. The van der Waals surface area contributed by atoms with E-state index in [1.165, 1.54) is 23.4 Å².